The second kappa shape index (κ2) is 8.22. The van der Waals surface area contributed by atoms with Crippen LogP contribution in [0.2, 0.25) is 0 Å². The number of benzene rings is 1. The summed E-state index contributed by atoms with van der Waals surface area (Å²) in [4.78, 5) is 26.8. The molecule has 1 atom stereocenters. The lowest BCUT2D eigenvalue weighted by molar-refractivity contribution is -0.123. The standard InChI is InChI=1S/C21H23NO5S/c1-13(20(23)22-15-7-8-16-17(12-15)26-10-9-25-16)27-21(24)19-11-14-5-3-2-4-6-18(14)28-19/h7-8,11-13H,2-6,9-10H2,1H3,(H,22,23)/t13-/m0/s1. The van der Waals surface area contributed by atoms with E-state index in [1.54, 1.807) is 25.1 Å². The summed E-state index contributed by atoms with van der Waals surface area (Å²) in [6.07, 6.45) is 4.69. The summed E-state index contributed by atoms with van der Waals surface area (Å²) in [5, 5.41) is 2.76. The highest BCUT2D eigenvalue weighted by Gasteiger charge is 2.23. The van der Waals surface area contributed by atoms with Gasteiger partial charge in [-0.05, 0) is 56.4 Å². The van der Waals surface area contributed by atoms with Crippen molar-refractivity contribution in [3.05, 3.63) is 39.6 Å². The van der Waals surface area contributed by atoms with Gasteiger partial charge in [-0.3, -0.25) is 4.79 Å². The Kier molecular flexibility index (Phi) is 5.52. The monoisotopic (exact) mass is 401 g/mol. The molecule has 0 spiro atoms. The number of fused-ring (bicyclic) bond motifs is 2. The Morgan fingerprint density at radius 2 is 1.86 bits per heavy atom. The number of anilines is 1. The summed E-state index contributed by atoms with van der Waals surface area (Å²) in [7, 11) is 0. The minimum atomic E-state index is -0.900. The number of carbonyl (C=O) groups excluding carboxylic acids is 2. The second-order valence-corrected chi connectivity index (χ2v) is 8.15. The van der Waals surface area contributed by atoms with Gasteiger partial charge in [-0.2, -0.15) is 0 Å². The van der Waals surface area contributed by atoms with Gasteiger partial charge in [0.05, 0.1) is 0 Å². The third kappa shape index (κ3) is 4.14. The molecule has 148 valence electrons. The van der Waals surface area contributed by atoms with Crippen molar-refractivity contribution < 1.29 is 23.8 Å². The van der Waals surface area contributed by atoms with Gasteiger partial charge in [0.2, 0.25) is 0 Å². The summed E-state index contributed by atoms with van der Waals surface area (Å²) in [5.41, 5.74) is 1.82. The van der Waals surface area contributed by atoms with Crippen LogP contribution in [0, 0.1) is 0 Å². The first kappa shape index (κ1) is 18.8. The van der Waals surface area contributed by atoms with E-state index in [1.807, 2.05) is 6.07 Å². The number of ether oxygens (including phenoxy) is 3. The van der Waals surface area contributed by atoms with Crippen molar-refractivity contribution in [3.63, 3.8) is 0 Å². The predicted molar refractivity (Wildman–Crippen MR) is 107 cm³/mol. The lowest BCUT2D eigenvalue weighted by atomic mass is 10.1. The number of esters is 1. The van der Waals surface area contributed by atoms with Gasteiger partial charge >= 0.3 is 5.97 Å². The molecule has 0 saturated heterocycles. The highest BCUT2D eigenvalue weighted by molar-refractivity contribution is 7.14. The summed E-state index contributed by atoms with van der Waals surface area (Å²) in [5.74, 6) is 0.418. The van der Waals surface area contributed by atoms with E-state index in [2.05, 4.69) is 5.32 Å². The first-order valence-corrected chi connectivity index (χ1v) is 10.4. The Hall–Kier alpha value is -2.54. The molecular formula is C21H23NO5S. The zero-order chi connectivity index (χ0) is 19.5. The fourth-order valence-corrected chi connectivity index (χ4v) is 4.54. The highest BCUT2D eigenvalue weighted by Crippen LogP contribution is 2.33. The molecule has 0 saturated carbocycles. The number of thiophene rings is 1. The van der Waals surface area contributed by atoms with E-state index < -0.39 is 12.1 Å². The molecule has 1 aromatic carbocycles. The number of carbonyl (C=O) groups is 2. The molecule has 6 nitrogen and oxygen atoms in total. The Bertz CT molecular complexity index is 867. The maximum Gasteiger partial charge on any atom is 0.349 e. The van der Waals surface area contributed by atoms with E-state index in [4.69, 9.17) is 14.2 Å². The lowest BCUT2D eigenvalue weighted by Gasteiger charge is -2.19. The molecule has 1 aromatic heterocycles. The van der Waals surface area contributed by atoms with E-state index >= 15 is 0 Å². The van der Waals surface area contributed by atoms with Crippen molar-refractivity contribution in [1.29, 1.82) is 0 Å². The summed E-state index contributed by atoms with van der Waals surface area (Å²) >= 11 is 1.49. The van der Waals surface area contributed by atoms with Gasteiger partial charge in [0, 0.05) is 16.6 Å². The van der Waals surface area contributed by atoms with Gasteiger partial charge in [0.15, 0.2) is 17.6 Å². The van der Waals surface area contributed by atoms with Crippen LogP contribution >= 0.6 is 11.3 Å². The predicted octanol–water partition coefficient (Wildman–Crippen LogP) is 3.97. The van der Waals surface area contributed by atoms with Gasteiger partial charge in [0.25, 0.3) is 5.91 Å². The van der Waals surface area contributed by atoms with E-state index in [9.17, 15) is 9.59 Å². The molecule has 4 rings (SSSR count). The van der Waals surface area contributed by atoms with Gasteiger partial charge in [-0.1, -0.05) is 6.42 Å². The van der Waals surface area contributed by atoms with Gasteiger partial charge in [-0.15, -0.1) is 11.3 Å². The van der Waals surface area contributed by atoms with Crippen LogP contribution in [-0.4, -0.2) is 31.2 Å². The second-order valence-electron chi connectivity index (χ2n) is 7.01. The molecule has 0 unspecified atom stereocenters. The third-order valence-corrected chi connectivity index (χ3v) is 6.13. The van der Waals surface area contributed by atoms with Gasteiger partial charge < -0.3 is 19.5 Å². The number of aryl methyl sites for hydroxylation is 2. The zero-order valence-corrected chi connectivity index (χ0v) is 16.6. The smallest absolute Gasteiger partial charge is 0.349 e. The average molecular weight is 401 g/mol. The molecule has 1 aliphatic heterocycles. The minimum absolute atomic E-state index is 0.386. The molecule has 1 amide bonds. The highest BCUT2D eigenvalue weighted by atomic mass is 32.1. The quantitative estimate of drug-likeness (QED) is 0.620. The van der Waals surface area contributed by atoms with Crippen LogP contribution in [-0.2, 0) is 22.4 Å². The Labute approximate surface area is 167 Å². The molecule has 0 bridgehead atoms. The topological polar surface area (TPSA) is 73.9 Å². The molecule has 1 N–H and O–H groups in total. The Morgan fingerprint density at radius 1 is 1.07 bits per heavy atom. The molecule has 2 heterocycles. The van der Waals surface area contributed by atoms with E-state index in [0.717, 1.165) is 25.7 Å². The van der Waals surface area contributed by atoms with Crippen LogP contribution in [0.1, 0.15) is 46.3 Å². The minimum Gasteiger partial charge on any atom is -0.486 e. The number of nitrogens with one attached hydrogen (secondary N) is 1. The Balaban J connectivity index is 1.37. The fraction of sp³-hybridized carbons (Fsp3) is 0.429. The van der Waals surface area contributed by atoms with E-state index in [0.29, 0.717) is 35.3 Å². The van der Waals surface area contributed by atoms with Crippen LogP contribution in [0.25, 0.3) is 0 Å². The van der Waals surface area contributed by atoms with Crippen LogP contribution < -0.4 is 14.8 Å². The third-order valence-electron chi connectivity index (χ3n) is 4.91. The van der Waals surface area contributed by atoms with E-state index in [1.165, 1.54) is 28.2 Å². The summed E-state index contributed by atoms with van der Waals surface area (Å²) in [6.45, 7) is 2.56. The first-order chi connectivity index (χ1) is 13.6. The maximum atomic E-state index is 12.5. The van der Waals surface area contributed by atoms with Crippen molar-refractivity contribution in [3.8, 4) is 11.5 Å². The van der Waals surface area contributed by atoms with Crippen molar-refractivity contribution in [1.82, 2.24) is 0 Å². The molecular weight excluding hydrogens is 378 g/mol. The molecule has 7 heteroatoms. The van der Waals surface area contributed by atoms with Gasteiger partial charge in [-0.25, -0.2) is 4.79 Å². The average Bonchev–Trinajstić information content (AvgIpc) is 2.98. The zero-order valence-electron chi connectivity index (χ0n) is 15.8. The number of rotatable bonds is 4. The SMILES string of the molecule is C[C@H](OC(=O)c1cc2c(s1)CCCCC2)C(=O)Nc1ccc2c(c1)OCCO2. The number of hydrogen-bond acceptors (Lipinski definition) is 6. The van der Waals surface area contributed by atoms with Crippen molar-refractivity contribution in [2.24, 2.45) is 0 Å². The van der Waals surface area contributed by atoms with Crippen LogP contribution in [0.5, 0.6) is 11.5 Å². The molecule has 2 aliphatic rings. The fourth-order valence-electron chi connectivity index (χ4n) is 3.41. The van der Waals surface area contributed by atoms with E-state index in [-0.39, 0.29) is 5.91 Å². The summed E-state index contributed by atoms with van der Waals surface area (Å²) in [6, 6.07) is 7.12. The molecule has 1 aliphatic carbocycles. The largest absolute Gasteiger partial charge is 0.486 e. The van der Waals surface area contributed by atoms with Crippen LogP contribution in [0.4, 0.5) is 5.69 Å². The lowest BCUT2D eigenvalue weighted by Crippen LogP contribution is -2.29. The summed E-state index contributed by atoms with van der Waals surface area (Å²) < 4.78 is 16.4. The van der Waals surface area contributed by atoms with Crippen LogP contribution in [0.3, 0.4) is 0 Å². The molecule has 2 aromatic rings. The normalized spacial score (nSPS) is 16.5. The number of amides is 1. The Morgan fingerprint density at radius 3 is 2.71 bits per heavy atom. The number of hydrogen-bond donors (Lipinski definition) is 1. The molecule has 0 radical (unpaired) electrons. The van der Waals surface area contributed by atoms with Crippen molar-refractivity contribution >= 4 is 28.9 Å². The van der Waals surface area contributed by atoms with Gasteiger partial charge in [0.1, 0.15) is 18.1 Å². The van der Waals surface area contributed by atoms with Crippen molar-refractivity contribution in [2.45, 2.75) is 45.1 Å². The van der Waals surface area contributed by atoms with Crippen LogP contribution in [0.15, 0.2) is 24.3 Å². The maximum absolute atomic E-state index is 12.5. The molecule has 28 heavy (non-hydrogen) atoms. The first-order valence-electron chi connectivity index (χ1n) is 9.63. The molecule has 0 fully saturated rings. The van der Waals surface area contributed by atoms with Crippen molar-refractivity contribution in [2.75, 3.05) is 18.5 Å².